The third-order valence-electron chi connectivity index (χ3n) is 4.83. The molecular weight excluding hydrogens is 280 g/mol. The molecule has 0 saturated heterocycles. The van der Waals surface area contributed by atoms with E-state index in [2.05, 4.69) is 35.6 Å². The van der Waals surface area contributed by atoms with Crippen LogP contribution in [-0.2, 0) is 0 Å². The number of nitrogens with zero attached hydrogens (tertiary/aromatic N) is 1. The van der Waals surface area contributed by atoms with Crippen LogP contribution in [0.4, 0.5) is 0 Å². The first kappa shape index (κ1) is 20.0. The van der Waals surface area contributed by atoms with Crippen LogP contribution in [0.2, 0.25) is 0 Å². The van der Waals surface area contributed by atoms with Crippen LogP contribution in [0.15, 0.2) is 31.4 Å². The van der Waals surface area contributed by atoms with Crippen LogP contribution in [0.5, 0.6) is 0 Å². The van der Waals surface area contributed by atoms with Crippen molar-refractivity contribution < 1.29 is 4.57 Å². The lowest BCUT2D eigenvalue weighted by atomic mass is 10.0. The Morgan fingerprint density at radius 1 is 0.913 bits per heavy atom. The van der Waals surface area contributed by atoms with Gasteiger partial charge in [0.2, 0.25) is 6.33 Å². The zero-order valence-electron chi connectivity index (χ0n) is 15.4. The van der Waals surface area contributed by atoms with Crippen molar-refractivity contribution in [2.24, 2.45) is 0 Å². The molecule has 0 spiro atoms. The predicted octanol–water partition coefficient (Wildman–Crippen LogP) is 6.51. The van der Waals surface area contributed by atoms with Gasteiger partial charge in [-0.2, -0.15) is 0 Å². The summed E-state index contributed by atoms with van der Waals surface area (Å²) in [6.07, 6.45) is 27.5. The van der Waals surface area contributed by atoms with Crippen molar-refractivity contribution in [3.63, 3.8) is 0 Å². The number of unbranched alkanes of at least 4 members (excludes halogenated alkanes) is 10. The minimum atomic E-state index is 0.637. The quantitative estimate of drug-likeness (QED) is 0.203. The van der Waals surface area contributed by atoms with Crippen LogP contribution in [0.25, 0.3) is 0 Å². The van der Waals surface area contributed by atoms with Gasteiger partial charge in [0, 0.05) is 0 Å². The summed E-state index contributed by atoms with van der Waals surface area (Å²) in [5.41, 5.74) is 0. The lowest BCUT2D eigenvalue weighted by Gasteiger charge is -2.12. The third-order valence-corrected chi connectivity index (χ3v) is 4.83. The summed E-state index contributed by atoms with van der Waals surface area (Å²) in [6.45, 7) is 6.15. The van der Waals surface area contributed by atoms with Crippen molar-refractivity contribution in [1.82, 2.24) is 4.98 Å². The van der Waals surface area contributed by atoms with E-state index in [4.69, 9.17) is 0 Å². The Morgan fingerprint density at radius 2 is 1.52 bits per heavy atom. The average Bonchev–Trinajstić information content (AvgIpc) is 3.09. The molecule has 0 aliphatic heterocycles. The molecule has 0 saturated carbocycles. The van der Waals surface area contributed by atoms with Crippen molar-refractivity contribution in [3.8, 4) is 0 Å². The van der Waals surface area contributed by atoms with Gasteiger partial charge in [-0.15, -0.1) is 6.58 Å². The first-order chi connectivity index (χ1) is 11.4. The van der Waals surface area contributed by atoms with Crippen molar-refractivity contribution in [1.29, 1.82) is 0 Å². The van der Waals surface area contributed by atoms with Gasteiger partial charge < -0.3 is 0 Å². The van der Waals surface area contributed by atoms with Crippen LogP contribution in [0.3, 0.4) is 0 Å². The second-order valence-corrected chi connectivity index (χ2v) is 6.90. The molecule has 0 aromatic carbocycles. The number of allylic oxidation sites excluding steroid dienone is 1. The third kappa shape index (κ3) is 10.4. The largest absolute Gasteiger partial charge is 0.250 e. The van der Waals surface area contributed by atoms with Crippen LogP contribution in [-0.4, -0.2) is 4.98 Å². The Kier molecular flexibility index (Phi) is 12.6. The lowest BCUT2D eigenvalue weighted by molar-refractivity contribution is -0.723. The zero-order valence-corrected chi connectivity index (χ0v) is 15.4. The highest BCUT2D eigenvalue weighted by Gasteiger charge is 2.13. The molecule has 1 aromatic heterocycles. The number of imidazole rings is 1. The van der Waals surface area contributed by atoms with Gasteiger partial charge in [0.05, 0.1) is 0 Å². The van der Waals surface area contributed by atoms with E-state index < -0.39 is 0 Å². The van der Waals surface area contributed by atoms with Gasteiger partial charge >= 0.3 is 0 Å². The number of rotatable bonds is 16. The normalized spacial score (nSPS) is 12.4. The molecule has 2 heteroatoms. The summed E-state index contributed by atoms with van der Waals surface area (Å²) < 4.78 is 2.33. The molecule has 1 heterocycles. The minimum Gasteiger partial charge on any atom is -0.250 e. The van der Waals surface area contributed by atoms with Gasteiger partial charge in [0.25, 0.3) is 0 Å². The Balaban J connectivity index is 1.98. The first-order valence-electron chi connectivity index (χ1n) is 10.0. The monoisotopic (exact) mass is 319 g/mol. The Bertz CT molecular complexity index is 356. The summed E-state index contributed by atoms with van der Waals surface area (Å²) in [5.74, 6) is 0. The van der Waals surface area contributed by atoms with E-state index in [1.165, 1.54) is 83.5 Å². The highest BCUT2D eigenvalue weighted by molar-refractivity contribution is 4.69. The molecule has 0 amide bonds. The van der Waals surface area contributed by atoms with Crippen molar-refractivity contribution >= 4 is 0 Å². The summed E-state index contributed by atoms with van der Waals surface area (Å²) in [4.78, 5) is 3.17. The number of aromatic nitrogens is 2. The van der Waals surface area contributed by atoms with Gasteiger partial charge in [-0.1, -0.05) is 77.2 Å². The molecule has 1 unspecified atom stereocenters. The molecule has 132 valence electrons. The maximum absolute atomic E-state index is 3.86. The molecule has 1 aromatic rings. The summed E-state index contributed by atoms with van der Waals surface area (Å²) >= 11 is 0. The highest BCUT2D eigenvalue weighted by atomic mass is 15.0. The number of hydrogen-bond acceptors (Lipinski definition) is 0. The van der Waals surface area contributed by atoms with Crippen LogP contribution in [0.1, 0.15) is 103 Å². The van der Waals surface area contributed by atoms with Crippen LogP contribution < -0.4 is 4.57 Å². The Morgan fingerprint density at radius 3 is 2.04 bits per heavy atom. The molecule has 1 N–H and O–H groups in total. The Labute approximate surface area is 144 Å². The molecule has 2 nitrogen and oxygen atoms in total. The van der Waals surface area contributed by atoms with Gasteiger partial charge in [-0.05, 0) is 25.7 Å². The molecule has 0 aliphatic carbocycles. The molecule has 0 aliphatic rings. The van der Waals surface area contributed by atoms with Crippen LogP contribution >= 0.6 is 0 Å². The van der Waals surface area contributed by atoms with E-state index in [-0.39, 0.29) is 0 Å². The fourth-order valence-electron chi connectivity index (χ4n) is 3.33. The fourth-order valence-corrected chi connectivity index (χ4v) is 3.33. The highest BCUT2D eigenvalue weighted by Crippen LogP contribution is 2.17. The van der Waals surface area contributed by atoms with Gasteiger partial charge in [0.15, 0.2) is 0 Å². The lowest BCUT2D eigenvalue weighted by Crippen LogP contribution is -2.36. The number of aromatic amines is 1. The van der Waals surface area contributed by atoms with Crippen molar-refractivity contribution in [3.05, 3.63) is 31.4 Å². The van der Waals surface area contributed by atoms with Gasteiger partial charge in [-0.3, -0.25) is 4.98 Å². The molecule has 0 bridgehead atoms. The standard InChI is InChI=1S/C21H38N2/c1-3-5-7-8-9-10-11-12-13-14-15-17-21(16-6-4-2)23-19-18-22-20-23/h4,18-21H,2-3,5-17H2,1H3/p+1. The summed E-state index contributed by atoms with van der Waals surface area (Å²) in [6, 6.07) is 0.637. The smallest absolute Gasteiger partial charge is 0.241 e. The zero-order chi connectivity index (χ0) is 16.6. The topological polar surface area (TPSA) is 19.7 Å². The first-order valence-corrected chi connectivity index (χ1v) is 10.0. The Hall–Kier alpha value is -1.05. The van der Waals surface area contributed by atoms with Gasteiger partial charge in [-0.25, -0.2) is 4.57 Å². The molecule has 1 rings (SSSR count). The van der Waals surface area contributed by atoms with Gasteiger partial charge in [0.1, 0.15) is 18.4 Å². The maximum atomic E-state index is 3.86. The van der Waals surface area contributed by atoms with Crippen molar-refractivity contribution in [2.75, 3.05) is 0 Å². The van der Waals surface area contributed by atoms with Crippen LogP contribution in [0, 0.1) is 0 Å². The van der Waals surface area contributed by atoms with E-state index in [1.54, 1.807) is 0 Å². The molecule has 0 radical (unpaired) electrons. The van der Waals surface area contributed by atoms with E-state index >= 15 is 0 Å². The molecule has 0 fully saturated rings. The fraction of sp³-hybridized carbons (Fsp3) is 0.762. The van der Waals surface area contributed by atoms with Crippen molar-refractivity contribution in [2.45, 2.75) is 103 Å². The van der Waals surface area contributed by atoms with E-state index in [1.807, 2.05) is 12.3 Å². The predicted molar refractivity (Wildman–Crippen MR) is 101 cm³/mol. The summed E-state index contributed by atoms with van der Waals surface area (Å²) in [7, 11) is 0. The number of nitrogens with one attached hydrogen (secondary N) is 1. The number of H-pyrrole nitrogens is 1. The SMILES string of the molecule is C=CCCC(CCCCCCCCCCCCC)[n+]1cc[nH]c1. The maximum Gasteiger partial charge on any atom is 0.241 e. The van der Waals surface area contributed by atoms with E-state index in [9.17, 15) is 0 Å². The summed E-state index contributed by atoms with van der Waals surface area (Å²) in [5, 5.41) is 0. The second-order valence-electron chi connectivity index (χ2n) is 6.90. The molecular formula is C21H39N2+. The second kappa shape index (κ2) is 14.5. The molecule has 23 heavy (non-hydrogen) atoms. The number of hydrogen-bond donors (Lipinski definition) is 1. The van der Waals surface area contributed by atoms with E-state index in [0.29, 0.717) is 6.04 Å². The average molecular weight is 320 g/mol. The minimum absolute atomic E-state index is 0.637. The molecule has 1 atom stereocenters. The van der Waals surface area contributed by atoms with E-state index in [0.717, 1.165) is 6.42 Å².